The van der Waals surface area contributed by atoms with Crippen LogP contribution in [0.5, 0.6) is 0 Å². The lowest BCUT2D eigenvalue weighted by molar-refractivity contribution is -0.132. The van der Waals surface area contributed by atoms with Crippen LogP contribution in [0.15, 0.2) is 6.07 Å². The zero-order chi connectivity index (χ0) is 16.2. The van der Waals surface area contributed by atoms with Gasteiger partial charge in [0.1, 0.15) is 0 Å². The number of amides is 1. The molecule has 0 unspecified atom stereocenters. The molecular weight excluding hydrogens is 278 g/mol. The number of carbonyl (C=O) groups is 1. The molecule has 5 nitrogen and oxygen atoms in total. The van der Waals surface area contributed by atoms with Gasteiger partial charge in [0.25, 0.3) is 0 Å². The topological polar surface area (TPSA) is 56.1 Å². The summed E-state index contributed by atoms with van der Waals surface area (Å²) in [6.07, 6.45) is 5.07. The van der Waals surface area contributed by atoms with E-state index in [9.17, 15) is 4.79 Å². The van der Waals surface area contributed by atoms with E-state index in [0.717, 1.165) is 43.5 Å². The molecule has 1 saturated carbocycles. The SMILES string of the molecule is COCCC1(C(=O)N[C@@H](C)Cn2nc(C)cc2C)CCCC1. The fourth-order valence-corrected chi connectivity index (χ4v) is 3.48. The number of aromatic nitrogens is 2. The maximum atomic E-state index is 12.8. The molecule has 1 amide bonds. The van der Waals surface area contributed by atoms with Gasteiger partial charge < -0.3 is 10.1 Å². The second kappa shape index (κ2) is 7.27. The minimum Gasteiger partial charge on any atom is -0.385 e. The summed E-state index contributed by atoms with van der Waals surface area (Å²) in [7, 11) is 1.70. The van der Waals surface area contributed by atoms with Crippen LogP contribution in [0.25, 0.3) is 0 Å². The molecule has 1 aliphatic carbocycles. The summed E-state index contributed by atoms with van der Waals surface area (Å²) in [6, 6.07) is 2.14. The first-order valence-electron chi connectivity index (χ1n) is 8.28. The molecule has 0 saturated heterocycles. The fraction of sp³-hybridized carbons (Fsp3) is 0.765. The van der Waals surface area contributed by atoms with E-state index in [-0.39, 0.29) is 17.4 Å². The number of hydrogen-bond donors (Lipinski definition) is 1. The Hall–Kier alpha value is -1.36. The summed E-state index contributed by atoms with van der Waals surface area (Å²) in [5.41, 5.74) is 1.93. The standard InChI is InChI=1S/C17H29N3O2/c1-13-11-15(3)20(19-13)12-14(2)18-16(21)17(9-10-22-4)7-5-6-8-17/h11,14H,5-10,12H2,1-4H3,(H,18,21)/t14-/m0/s1. The van der Waals surface area contributed by atoms with Crippen LogP contribution in [0.3, 0.4) is 0 Å². The molecule has 0 radical (unpaired) electrons. The molecule has 1 aromatic rings. The van der Waals surface area contributed by atoms with Gasteiger partial charge in [0.15, 0.2) is 0 Å². The first kappa shape index (κ1) is 17.0. The van der Waals surface area contributed by atoms with E-state index < -0.39 is 0 Å². The third-order valence-corrected chi connectivity index (χ3v) is 4.75. The van der Waals surface area contributed by atoms with E-state index in [1.165, 1.54) is 0 Å². The Balaban J connectivity index is 1.95. The quantitative estimate of drug-likeness (QED) is 0.842. The van der Waals surface area contributed by atoms with Crippen molar-refractivity contribution in [2.75, 3.05) is 13.7 Å². The second-order valence-corrected chi connectivity index (χ2v) is 6.71. The van der Waals surface area contributed by atoms with Gasteiger partial charge in [-0.1, -0.05) is 12.8 Å². The summed E-state index contributed by atoms with van der Waals surface area (Å²) >= 11 is 0. The van der Waals surface area contributed by atoms with Crippen LogP contribution < -0.4 is 5.32 Å². The molecule has 1 fully saturated rings. The highest BCUT2D eigenvalue weighted by atomic mass is 16.5. The smallest absolute Gasteiger partial charge is 0.226 e. The number of nitrogens with one attached hydrogen (secondary N) is 1. The van der Waals surface area contributed by atoms with Crippen LogP contribution in [0.2, 0.25) is 0 Å². The Bertz CT molecular complexity index is 504. The normalized spacial score (nSPS) is 18.4. The molecule has 0 spiro atoms. The molecule has 0 aromatic carbocycles. The maximum Gasteiger partial charge on any atom is 0.226 e. The van der Waals surface area contributed by atoms with Crippen molar-refractivity contribution in [2.45, 2.75) is 65.5 Å². The van der Waals surface area contributed by atoms with Gasteiger partial charge in [0.05, 0.1) is 17.7 Å². The summed E-state index contributed by atoms with van der Waals surface area (Å²) in [4.78, 5) is 12.8. The summed E-state index contributed by atoms with van der Waals surface area (Å²) < 4.78 is 7.17. The van der Waals surface area contributed by atoms with E-state index in [2.05, 4.69) is 16.5 Å². The number of hydrogen-bond acceptors (Lipinski definition) is 3. The Morgan fingerprint density at radius 3 is 2.68 bits per heavy atom. The lowest BCUT2D eigenvalue weighted by Crippen LogP contribution is -2.45. The second-order valence-electron chi connectivity index (χ2n) is 6.71. The highest BCUT2D eigenvalue weighted by molar-refractivity contribution is 5.83. The Kier molecular flexibility index (Phi) is 5.62. The van der Waals surface area contributed by atoms with Crippen LogP contribution in [0.1, 0.15) is 50.4 Å². The molecule has 5 heteroatoms. The maximum absolute atomic E-state index is 12.8. The van der Waals surface area contributed by atoms with Crippen molar-refractivity contribution in [3.8, 4) is 0 Å². The number of nitrogens with zero attached hydrogens (tertiary/aromatic N) is 2. The van der Waals surface area contributed by atoms with Crippen molar-refractivity contribution in [1.82, 2.24) is 15.1 Å². The van der Waals surface area contributed by atoms with Gasteiger partial charge in [-0.25, -0.2) is 0 Å². The van der Waals surface area contributed by atoms with Crippen LogP contribution >= 0.6 is 0 Å². The third-order valence-electron chi connectivity index (χ3n) is 4.75. The molecule has 0 aliphatic heterocycles. The minimum atomic E-state index is -0.223. The van der Waals surface area contributed by atoms with Crippen molar-refractivity contribution in [3.05, 3.63) is 17.5 Å². The molecule has 22 heavy (non-hydrogen) atoms. The molecule has 124 valence electrons. The fourth-order valence-electron chi connectivity index (χ4n) is 3.48. The minimum absolute atomic E-state index is 0.0746. The highest BCUT2D eigenvalue weighted by Crippen LogP contribution is 2.41. The average Bonchev–Trinajstić information content (AvgIpc) is 3.05. The van der Waals surface area contributed by atoms with Gasteiger partial charge in [-0.2, -0.15) is 5.10 Å². The third kappa shape index (κ3) is 3.88. The van der Waals surface area contributed by atoms with Gasteiger partial charge >= 0.3 is 0 Å². The summed E-state index contributed by atoms with van der Waals surface area (Å²) in [5.74, 6) is 0.191. The zero-order valence-corrected chi connectivity index (χ0v) is 14.3. The van der Waals surface area contributed by atoms with Gasteiger partial charge in [-0.05, 0) is 46.1 Å². The van der Waals surface area contributed by atoms with Crippen molar-refractivity contribution < 1.29 is 9.53 Å². The summed E-state index contributed by atoms with van der Waals surface area (Å²) in [5, 5.41) is 7.67. The van der Waals surface area contributed by atoms with Crippen molar-refractivity contribution in [3.63, 3.8) is 0 Å². The Labute approximate surface area is 133 Å². The molecule has 2 rings (SSSR count). The average molecular weight is 307 g/mol. The first-order chi connectivity index (χ1) is 10.5. The number of methoxy groups -OCH3 is 1. The largest absolute Gasteiger partial charge is 0.385 e. The Morgan fingerprint density at radius 2 is 2.14 bits per heavy atom. The molecule has 1 atom stereocenters. The lowest BCUT2D eigenvalue weighted by atomic mass is 9.81. The molecule has 1 heterocycles. The van der Waals surface area contributed by atoms with E-state index in [0.29, 0.717) is 13.2 Å². The number of carbonyl (C=O) groups excluding carboxylic acids is 1. The van der Waals surface area contributed by atoms with Crippen LogP contribution in [0, 0.1) is 19.3 Å². The van der Waals surface area contributed by atoms with Crippen LogP contribution in [-0.4, -0.2) is 35.4 Å². The number of aryl methyl sites for hydroxylation is 2. The van der Waals surface area contributed by atoms with Crippen LogP contribution in [-0.2, 0) is 16.1 Å². The predicted molar refractivity (Wildman–Crippen MR) is 86.7 cm³/mol. The Morgan fingerprint density at radius 1 is 1.45 bits per heavy atom. The van der Waals surface area contributed by atoms with Gasteiger partial charge in [-0.3, -0.25) is 9.48 Å². The first-order valence-corrected chi connectivity index (χ1v) is 8.28. The summed E-state index contributed by atoms with van der Waals surface area (Å²) in [6.45, 7) is 7.45. The van der Waals surface area contributed by atoms with Crippen molar-refractivity contribution in [1.29, 1.82) is 0 Å². The van der Waals surface area contributed by atoms with Crippen molar-refractivity contribution >= 4 is 5.91 Å². The molecule has 1 aliphatic rings. The predicted octanol–water partition coefficient (Wildman–Crippen LogP) is 2.60. The van der Waals surface area contributed by atoms with Crippen LogP contribution in [0.4, 0.5) is 0 Å². The molecule has 1 N–H and O–H groups in total. The highest BCUT2D eigenvalue weighted by Gasteiger charge is 2.40. The van der Waals surface area contributed by atoms with Gasteiger partial charge in [-0.15, -0.1) is 0 Å². The lowest BCUT2D eigenvalue weighted by Gasteiger charge is -2.29. The monoisotopic (exact) mass is 307 g/mol. The van der Waals surface area contributed by atoms with Gasteiger partial charge in [0, 0.05) is 25.5 Å². The molecule has 1 aromatic heterocycles. The molecule has 0 bridgehead atoms. The number of rotatable bonds is 7. The van der Waals surface area contributed by atoms with Crippen molar-refractivity contribution in [2.24, 2.45) is 5.41 Å². The van der Waals surface area contributed by atoms with E-state index >= 15 is 0 Å². The van der Waals surface area contributed by atoms with E-state index in [4.69, 9.17) is 4.74 Å². The zero-order valence-electron chi connectivity index (χ0n) is 14.3. The molecular formula is C17H29N3O2. The van der Waals surface area contributed by atoms with E-state index in [1.807, 2.05) is 25.5 Å². The van der Waals surface area contributed by atoms with E-state index in [1.54, 1.807) is 7.11 Å². The van der Waals surface area contributed by atoms with Gasteiger partial charge in [0.2, 0.25) is 5.91 Å². The number of ether oxygens (including phenoxy) is 1.